The van der Waals surface area contributed by atoms with Crippen LogP contribution in [-0.4, -0.2) is 28.7 Å². The molecule has 0 saturated heterocycles. The van der Waals surface area contributed by atoms with Gasteiger partial charge in [-0.1, -0.05) is 37.6 Å². The van der Waals surface area contributed by atoms with Gasteiger partial charge in [-0.05, 0) is 60.5 Å². The molecule has 0 atom stereocenters. The molecule has 2 rings (SSSR count). The zero-order valence-corrected chi connectivity index (χ0v) is 17.3. The summed E-state index contributed by atoms with van der Waals surface area (Å²) in [6.45, 7) is 5.85. The number of carbonyl (C=O) groups is 2. The predicted molar refractivity (Wildman–Crippen MR) is 114 cm³/mol. The van der Waals surface area contributed by atoms with E-state index in [1.807, 2.05) is 39.0 Å². The number of aromatic carboxylic acids is 1. The minimum Gasteiger partial charge on any atom is -0.483 e. The Morgan fingerprint density at radius 2 is 1.93 bits per heavy atom. The number of carboxylic acid groups (broad SMARTS) is 1. The van der Waals surface area contributed by atoms with Gasteiger partial charge >= 0.3 is 5.97 Å². The molecule has 28 heavy (non-hydrogen) atoms. The number of carbonyl (C=O) groups excluding carboxylic acids is 1. The zero-order valence-electron chi connectivity index (χ0n) is 15.7. The summed E-state index contributed by atoms with van der Waals surface area (Å²) in [6.07, 6.45) is 0. The first kappa shape index (κ1) is 21.7. The number of nitrogens with one attached hydrogen (secondary N) is 2. The van der Waals surface area contributed by atoms with E-state index in [0.717, 1.165) is 11.1 Å². The van der Waals surface area contributed by atoms with E-state index in [0.29, 0.717) is 11.4 Å². The van der Waals surface area contributed by atoms with Crippen molar-refractivity contribution in [2.45, 2.75) is 26.7 Å². The molecule has 0 heterocycles. The van der Waals surface area contributed by atoms with Crippen molar-refractivity contribution in [1.29, 1.82) is 0 Å². The summed E-state index contributed by atoms with van der Waals surface area (Å²) in [6, 6.07) is 10.2. The number of hydrogen-bond donors (Lipinski definition) is 3. The van der Waals surface area contributed by atoms with Gasteiger partial charge in [-0.2, -0.15) is 0 Å². The topological polar surface area (TPSA) is 87.7 Å². The Hall–Kier alpha value is -2.64. The van der Waals surface area contributed by atoms with Crippen LogP contribution in [0, 0.1) is 6.92 Å². The number of carboxylic acids is 1. The lowest BCUT2D eigenvalue weighted by Crippen LogP contribution is -2.37. The number of benzene rings is 2. The smallest absolute Gasteiger partial charge is 0.337 e. The van der Waals surface area contributed by atoms with Crippen LogP contribution >= 0.6 is 23.8 Å². The van der Waals surface area contributed by atoms with Gasteiger partial charge in [-0.15, -0.1) is 0 Å². The molecule has 2 aromatic carbocycles. The van der Waals surface area contributed by atoms with E-state index in [2.05, 4.69) is 10.6 Å². The third-order valence-electron chi connectivity index (χ3n) is 3.86. The van der Waals surface area contributed by atoms with Crippen molar-refractivity contribution in [3.8, 4) is 5.75 Å². The highest BCUT2D eigenvalue weighted by atomic mass is 35.5. The van der Waals surface area contributed by atoms with E-state index in [1.54, 1.807) is 6.07 Å². The maximum absolute atomic E-state index is 12.1. The molecule has 0 unspecified atom stereocenters. The van der Waals surface area contributed by atoms with Gasteiger partial charge in [0.1, 0.15) is 5.75 Å². The molecule has 0 spiro atoms. The largest absolute Gasteiger partial charge is 0.483 e. The fourth-order valence-corrected chi connectivity index (χ4v) is 2.91. The van der Waals surface area contributed by atoms with Gasteiger partial charge in [0, 0.05) is 5.69 Å². The first-order valence-electron chi connectivity index (χ1n) is 8.54. The van der Waals surface area contributed by atoms with Crippen LogP contribution in [0.4, 0.5) is 5.69 Å². The van der Waals surface area contributed by atoms with Crippen LogP contribution in [0.1, 0.15) is 41.3 Å². The van der Waals surface area contributed by atoms with E-state index in [-0.39, 0.29) is 28.2 Å². The lowest BCUT2D eigenvalue weighted by molar-refractivity contribution is -0.121. The van der Waals surface area contributed by atoms with Crippen molar-refractivity contribution < 1.29 is 19.4 Å². The Kier molecular flexibility index (Phi) is 7.37. The second-order valence-electron chi connectivity index (χ2n) is 6.49. The van der Waals surface area contributed by atoms with Crippen molar-refractivity contribution >= 4 is 46.5 Å². The molecule has 0 aliphatic carbocycles. The number of ether oxygens (including phenoxy) is 1. The second-order valence-corrected chi connectivity index (χ2v) is 7.30. The summed E-state index contributed by atoms with van der Waals surface area (Å²) in [7, 11) is 0. The third-order valence-corrected chi connectivity index (χ3v) is 4.39. The van der Waals surface area contributed by atoms with E-state index < -0.39 is 11.9 Å². The summed E-state index contributed by atoms with van der Waals surface area (Å²) < 4.78 is 5.66. The van der Waals surface area contributed by atoms with Gasteiger partial charge < -0.3 is 15.2 Å². The molecular formula is C20H21ClN2O4S. The van der Waals surface area contributed by atoms with Crippen molar-refractivity contribution in [1.82, 2.24) is 5.32 Å². The molecule has 1 amide bonds. The van der Waals surface area contributed by atoms with Gasteiger partial charge in [-0.25, -0.2) is 4.79 Å². The second kappa shape index (κ2) is 9.52. The van der Waals surface area contributed by atoms with Crippen LogP contribution in [-0.2, 0) is 4.79 Å². The van der Waals surface area contributed by atoms with Crippen LogP contribution in [0.25, 0.3) is 0 Å². The maximum atomic E-state index is 12.1. The predicted octanol–water partition coefficient (Wildman–Crippen LogP) is 4.36. The number of thiocarbonyl (C=S) groups is 1. The van der Waals surface area contributed by atoms with Crippen LogP contribution in [0.15, 0.2) is 36.4 Å². The van der Waals surface area contributed by atoms with E-state index >= 15 is 0 Å². The van der Waals surface area contributed by atoms with Gasteiger partial charge in [-0.3, -0.25) is 10.1 Å². The number of hydrogen-bond acceptors (Lipinski definition) is 4. The molecule has 0 bridgehead atoms. The van der Waals surface area contributed by atoms with Gasteiger partial charge in [0.15, 0.2) is 11.7 Å². The van der Waals surface area contributed by atoms with E-state index in [1.165, 1.54) is 12.1 Å². The highest BCUT2D eigenvalue weighted by Gasteiger charge is 2.13. The number of halogens is 1. The standard InChI is InChI=1S/C20H21ClN2O4S/c1-11(2)14-6-4-12(3)8-17(14)27-10-18(24)23-20(28)22-13-5-7-16(21)15(9-13)19(25)26/h4-9,11H,10H2,1-3H3,(H,25,26)(H2,22,23,24,28). The van der Waals surface area contributed by atoms with E-state index in [9.17, 15) is 9.59 Å². The Balaban J connectivity index is 1.95. The van der Waals surface area contributed by atoms with Gasteiger partial charge in [0.05, 0.1) is 10.6 Å². The zero-order chi connectivity index (χ0) is 20.8. The molecule has 0 radical (unpaired) electrons. The van der Waals surface area contributed by atoms with Crippen molar-refractivity contribution in [3.63, 3.8) is 0 Å². The number of aryl methyl sites for hydroxylation is 1. The highest BCUT2D eigenvalue weighted by Crippen LogP contribution is 2.27. The summed E-state index contributed by atoms with van der Waals surface area (Å²) in [4.78, 5) is 23.3. The van der Waals surface area contributed by atoms with Crippen molar-refractivity contribution in [2.75, 3.05) is 11.9 Å². The summed E-state index contributed by atoms with van der Waals surface area (Å²) in [5, 5.41) is 14.5. The summed E-state index contributed by atoms with van der Waals surface area (Å²) >= 11 is 10.9. The number of rotatable bonds is 6. The molecular weight excluding hydrogens is 400 g/mol. The average molecular weight is 421 g/mol. The lowest BCUT2D eigenvalue weighted by Gasteiger charge is -2.15. The molecule has 0 saturated carbocycles. The first-order chi connectivity index (χ1) is 13.2. The van der Waals surface area contributed by atoms with Gasteiger partial charge in [0.25, 0.3) is 5.91 Å². The minimum atomic E-state index is -1.16. The molecule has 0 fully saturated rings. The first-order valence-corrected chi connectivity index (χ1v) is 9.33. The lowest BCUT2D eigenvalue weighted by atomic mass is 10.0. The Morgan fingerprint density at radius 3 is 2.57 bits per heavy atom. The molecule has 148 valence electrons. The molecule has 0 aliphatic rings. The minimum absolute atomic E-state index is 0.0283. The van der Waals surface area contributed by atoms with Crippen molar-refractivity contribution in [2.24, 2.45) is 0 Å². The van der Waals surface area contributed by atoms with Crippen LogP contribution in [0.2, 0.25) is 5.02 Å². The van der Waals surface area contributed by atoms with Crippen LogP contribution < -0.4 is 15.4 Å². The molecule has 8 heteroatoms. The fraction of sp³-hybridized carbons (Fsp3) is 0.250. The van der Waals surface area contributed by atoms with Gasteiger partial charge in [0.2, 0.25) is 0 Å². The molecule has 0 aromatic heterocycles. The Labute approximate surface area is 173 Å². The monoisotopic (exact) mass is 420 g/mol. The summed E-state index contributed by atoms with van der Waals surface area (Å²) in [5.74, 6) is -0.667. The number of amides is 1. The van der Waals surface area contributed by atoms with Crippen LogP contribution in [0.5, 0.6) is 5.75 Å². The van der Waals surface area contributed by atoms with Crippen LogP contribution in [0.3, 0.4) is 0 Å². The molecule has 0 aliphatic heterocycles. The normalized spacial score (nSPS) is 10.5. The molecule has 3 N–H and O–H groups in total. The quantitative estimate of drug-likeness (QED) is 0.602. The van der Waals surface area contributed by atoms with E-state index in [4.69, 9.17) is 33.7 Å². The van der Waals surface area contributed by atoms with Crippen molar-refractivity contribution in [3.05, 3.63) is 58.1 Å². The maximum Gasteiger partial charge on any atom is 0.337 e. The fourth-order valence-electron chi connectivity index (χ4n) is 2.48. The molecule has 2 aromatic rings. The Bertz CT molecular complexity index is 915. The highest BCUT2D eigenvalue weighted by molar-refractivity contribution is 7.80. The summed E-state index contributed by atoms with van der Waals surface area (Å²) in [5.41, 5.74) is 2.38. The Morgan fingerprint density at radius 1 is 1.21 bits per heavy atom. The third kappa shape index (κ3) is 5.94. The molecule has 6 nitrogen and oxygen atoms in total. The average Bonchev–Trinajstić information content (AvgIpc) is 2.61. The number of anilines is 1. The SMILES string of the molecule is Cc1ccc(C(C)C)c(OCC(=O)NC(=S)Nc2ccc(Cl)c(C(=O)O)c2)c1.